The second kappa shape index (κ2) is 5.86. The number of hydrogen-bond acceptors (Lipinski definition) is 6. The molecule has 0 saturated carbocycles. The van der Waals surface area contributed by atoms with Crippen LogP contribution < -0.4 is 5.32 Å². The number of aliphatic hydroxyl groups excluding tert-OH is 1. The van der Waals surface area contributed by atoms with E-state index in [-0.39, 0.29) is 12.6 Å². The topological polar surface area (TPSA) is 104 Å². The monoisotopic (exact) mass is 329 g/mol. The summed E-state index contributed by atoms with van der Waals surface area (Å²) in [6, 6.07) is 1.27. The van der Waals surface area contributed by atoms with Gasteiger partial charge in [0.05, 0.1) is 18.0 Å². The van der Waals surface area contributed by atoms with Crippen molar-refractivity contribution in [1.82, 2.24) is 20.0 Å². The Kier molecular flexibility index (Phi) is 3.68. The highest BCUT2D eigenvalue weighted by Crippen LogP contribution is 2.32. The summed E-state index contributed by atoms with van der Waals surface area (Å²) >= 11 is 0. The van der Waals surface area contributed by atoms with Gasteiger partial charge in [-0.25, -0.2) is 4.79 Å². The van der Waals surface area contributed by atoms with Gasteiger partial charge in [0, 0.05) is 18.7 Å². The van der Waals surface area contributed by atoms with Gasteiger partial charge in [-0.15, -0.1) is 0 Å². The number of fused-ring (bicyclic) bond motifs is 1. The normalized spacial score (nSPS) is 22.7. The van der Waals surface area contributed by atoms with E-state index >= 15 is 0 Å². The van der Waals surface area contributed by atoms with Crippen LogP contribution >= 0.6 is 0 Å². The molecular weight excluding hydrogens is 310 g/mol. The van der Waals surface area contributed by atoms with E-state index in [9.17, 15) is 9.90 Å². The van der Waals surface area contributed by atoms with Crippen LogP contribution in [0.15, 0.2) is 16.8 Å². The smallest absolute Gasteiger partial charge is 0.322 e. The summed E-state index contributed by atoms with van der Waals surface area (Å²) in [5, 5.41) is 16.6. The van der Waals surface area contributed by atoms with Crippen LogP contribution in [0.5, 0.6) is 0 Å². The minimum absolute atomic E-state index is 0.232. The number of anilines is 1. The highest BCUT2D eigenvalue weighted by Gasteiger charge is 2.38. The molecule has 4 rings (SSSR count). The quantitative estimate of drug-likeness (QED) is 0.867. The molecule has 2 aromatic rings. The third-order valence-electron chi connectivity index (χ3n) is 4.54. The Morgan fingerprint density at radius 1 is 1.46 bits per heavy atom. The predicted octanol–water partition coefficient (Wildman–Crippen LogP) is 1.60. The molecule has 0 unspecified atom stereocenters. The van der Waals surface area contributed by atoms with Crippen LogP contribution in [0.2, 0.25) is 0 Å². The summed E-state index contributed by atoms with van der Waals surface area (Å²) in [5.41, 5.74) is 2.98. The number of carbonyl (C=O) groups excluding carboxylic acids is 1. The second-order valence-corrected chi connectivity index (χ2v) is 6.35. The molecule has 2 aromatic heterocycles. The van der Waals surface area contributed by atoms with Crippen molar-refractivity contribution in [2.75, 3.05) is 11.9 Å². The highest BCUT2D eigenvalue weighted by molar-refractivity contribution is 5.89. The Labute approximate surface area is 138 Å². The van der Waals surface area contributed by atoms with Crippen LogP contribution in [0.3, 0.4) is 0 Å². The van der Waals surface area contributed by atoms with E-state index in [1.165, 1.54) is 10.5 Å². The molecule has 24 heavy (non-hydrogen) atoms. The SMILES string of the molecule is Cc1noc([C@H]2C[C@H](O)CN2C(=O)Nc2cnc3c(c2)CCC3)n1. The van der Waals surface area contributed by atoms with Gasteiger partial charge in [-0.3, -0.25) is 4.98 Å². The number of nitrogens with one attached hydrogen (secondary N) is 1. The molecule has 2 aliphatic rings. The minimum atomic E-state index is -0.605. The Bertz CT molecular complexity index is 775. The van der Waals surface area contributed by atoms with Gasteiger partial charge >= 0.3 is 6.03 Å². The molecule has 0 bridgehead atoms. The van der Waals surface area contributed by atoms with E-state index in [4.69, 9.17) is 4.52 Å². The number of aromatic nitrogens is 3. The Hall–Kier alpha value is -2.48. The lowest BCUT2D eigenvalue weighted by Crippen LogP contribution is -2.35. The first kappa shape index (κ1) is 15.1. The van der Waals surface area contributed by atoms with Crippen LogP contribution in [0.1, 0.15) is 41.9 Å². The number of nitrogens with zero attached hydrogens (tertiary/aromatic N) is 4. The lowest BCUT2D eigenvalue weighted by atomic mass is 10.2. The van der Waals surface area contributed by atoms with Crippen LogP contribution in [0.25, 0.3) is 0 Å². The maximum atomic E-state index is 12.6. The number of rotatable bonds is 2. The molecule has 2 N–H and O–H groups in total. The number of urea groups is 1. The fraction of sp³-hybridized carbons (Fsp3) is 0.500. The van der Waals surface area contributed by atoms with Crippen molar-refractivity contribution in [1.29, 1.82) is 0 Å². The third-order valence-corrected chi connectivity index (χ3v) is 4.54. The second-order valence-electron chi connectivity index (χ2n) is 6.35. The van der Waals surface area contributed by atoms with Gasteiger partial charge in [0.15, 0.2) is 5.82 Å². The lowest BCUT2D eigenvalue weighted by molar-refractivity contribution is 0.174. The lowest BCUT2D eigenvalue weighted by Gasteiger charge is -2.22. The van der Waals surface area contributed by atoms with Crippen molar-refractivity contribution in [3.63, 3.8) is 0 Å². The zero-order valence-corrected chi connectivity index (χ0v) is 13.4. The van der Waals surface area contributed by atoms with Crippen LogP contribution in [0.4, 0.5) is 10.5 Å². The van der Waals surface area contributed by atoms with Crippen molar-refractivity contribution >= 4 is 11.7 Å². The molecule has 126 valence electrons. The van der Waals surface area contributed by atoms with Gasteiger partial charge in [0.1, 0.15) is 6.04 Å². The fourth-order valence-corrected chi connectivity index (χ4v) is 3.41. The standard InChI is InChI=1S/C16H19N5O3/c1-9-18-15(24-20-9)14-6-12(22)8-21(14)16(23)19-11-5-10-3-2-4-13(10)17-7-11/h5,7,12,14,22H,2-4,6,8H2,1H3,(H,19,23)/t12-,14+/m0/s1. The molecule has 0 spiro atoms. The third kappa shape index (κ3) is 2.73. The molecule has 2 amide bonds. The summed E-state index contributed by atoms with van der Waals surface area (Å²) in [7, 11) is 0. The van der Waals surface area contributed by atoms with Crippen molar-refractivity contribution in [3.8, 4) is 0 Å². The molecule has 1 fully saturated rings. The average molecular weight is 329 g/mol. The molecule has 1 saturated heterocycles. The summed E-state index contributed by atoms with van der Waals surface area (Å²) in [6.07, 6.45) is 4.57. The molecule has 2 atom stereocenters. The van der Waals surface area contributed by atoms with Crippen LogP contribution in [-0.4, -0.2) is 43.8 Å². The molecule has 0 radical (unpaired) electrons. The number of carbonyl (C=O) groups is 1. The number of β-amino-alcohol motifs (C(OH)–C–C–N with tert-alkyl or cyclic N) is 1. The zero-order valence-electron chi connectivity index (χ0n) is 13.4. The molecule has 1 aliphatic carbocycles. The molecule has 3 heterocycles. The predicted molar refractivity (Wildman–Crippen MR) is 84.4 cm³/mol. The van der Waals surface area contributed by atoms with E-state index < -0.39 is 12.1 Å². The summed E-state index contributed by atoms with van der Waals surface area (Å²) < 4.78 is 5.18. The van der Waals surface area contributed by atoms with Gasteiger partial charge in [-0.2, -0.15) is 4.98 Å². The van der Waals surface area contributed by atoms with E-state index in [1.807, 2.05) is 6.07 Å². The van der Waals surface area contributed by atoms with Crippen molar-refractivity contribution in [3.05, 3.63) is 35.2 Å². The highest BCUT2D eigenvalue weighted by atomic mass is 16.5. The first-order valence-electron chi connectivity index (χ1n) is 8.14. The molecule has 0 aromatic carbocycles. The van der Waals surface area contributed by atoms with Crippen molar-refractivity contribution in [2.24, 2.45) is 0 Å². The molecule has 8 nitrogen and oxygen atoms in total. The largest absolute Gasteiger partial charge is 0.391 e. The van der Waals surface area contributed by atoms with Gasteiger partial charge < -0.3 is 19.8 Å². The van der Waals surface area contributed by atoms with Crippen molar-refractivity contribution in [2.45, 2.75) is 44.8 Å². The van der Waals surface area contributed by atoms with E-state index in [1.54, 1.807) is 13.1 Å². The molecule has 1 aliphatic heterocycles. The van der Waals surface area contributed by atoms with Gasteiger partial charge in [0.25, 0.3) is 0 Å². The first-order chi connectivity index (χ1) is 11.6. The minimum Gasteiger partial charge on any atom is -0.391 e. The van der Waals surface area contributed by atoms with E-state index in [0.717, 1.165) is 25.0 Å². The molecule has 8 heteroatoms. The zero-order chi connectivity index (χ0) is 16.7. The van der Waals surface area contributed by atoms with E-state index in [2.05, 4.69) is 20.4 Å². The van der Waals surface area contributed by atoms with E-state index in [0.29, 0.717) is 23.8 Å². The Balaban J connectivity index is 1.52. The summed E-state index contributed by atoms with van der Waals surface area (Å²) in [5.74, 6) is 0.862. The number of hydrogen-bond donors (Lipinski definition) is 2. The molecular formula is C16H19N5O3. The number of pyridine rings is 1. The fourth-order valence-electron chi connectivity index (χ4n) is 3.41. The summed E-state index contributed by atoms with van der Waals surface area (Å²) in [6.45, 7) is 1.95. The van der Waals surface area contributed by atoms with Gasteiger partial charge in [-0.05, 0) is 37.8 Å². The Morgan fingerprint density at radius 2 is 2.33 bits per heavy atom. The Morgan fingerprint density at radius 3 is 3.12 bits per heavy atom. The van der Waals surface area contributed by atoms with Crippen LogP contribution in [0, 0.1) is 6.92 Å². The number of aryl methyl sites for hydroxylation is 3. The maximum absolute atomic E-state index is 12.6. The number of aliphatic hydroxyl groups is 1. The van der Waals surface area contributed by atoms with Crippen LogP contribution in [-0.2, 0) is 12.8 Å². The van der Waals surface area contributed by atoms with Crippen molar-refractivity contribution < 1.29 is 14.4 Å². The first-order valence-corrected chi connectivity index (χ1v) is 8.14. The maximum Gasteiger partial charge on any atom is 0.322 e. The van der Waals surface area contributed by atoms with Gasteiger partial charge in [0.2, 0.25) is 5.89 Å². The average Bonchev–Trinajstić information content (AvgIpc) is 3.26. The number of likely N-dealkylation sites (tertiary alicyclic amines) is 1. The number of amides is 2. The van der Waals surface area contributed by atoms with Gasteiger partial charge in [-0.1, -0.05) is 5.16 Å². The summed E-state index contributed by atoms with van der Waals surface area (Å²) in [4.78, 5) is 22.8.